The van der Waals surface area contributed by atoms with Gasteiger partial charge in [0.05, 0.1) is 7.11 Å². The summed E-state index contributed by atoms with van der Waals surface area (Å²) in [4.78, 5) is 13.5. The second-order valence-electron chi connectivity index (χ2n) is 2.48. The maximum Gasteiger partial charge on any atom is 0.505 e. The molecule has 0 aliphatic heterocycles. The number of ether oxygens (including phenoxy) is 2. The molecule has 0 amide bonds. The van der Waals surface area contributed by atoms with Crippen LogP contribution in [-0.4, -0.2) is 31.9 Å². The summed E-state index contributed by atoms with van der Waals surface area (Å²) in [5, 5.41) is 17.7. The maximum atomic E-state index is 10.9. The lowest BCUT2D eigenvalue weighted by atomic mass is 10.2. The van der Waals surface area contributed by atoms with E-state index in [9.17, 15) is 9.90 Å². The Balaban J connectivity index is 4.37. The van der Waals surface area contributed by atoms with Crippen LogP contribution in [0.1, 0.15) is 12.8 Å². The van der Waals surface area contributed by atoms with Gasteiger partial charge >= 0.3 is 11.7 Å². The minimum atomic E-state index is -0.873. The van der Waals surface area contributed by atoms with Gasteiger partial charge in [-0.3, -0.25) is 0 Å². The summed E-state index contributed by atoms with van der Waals surface area (Å²) in [6.45, 7) is 0.448. The van der Waals surface area contributed by atoms with Gasteiger partial charge in [-0.05, 0) is 6.42 Å². The predicted octanol–water partition coefficient (Wildman–Crippen LogP) is 1.21. The molecule has 0 spiro atoms. The fourth-order valence-corrected chi connectivity index (χ4v) is 0.815. The van der Waals surface area contributed by atoms with Crippen molar-refractivity contribution in [3.63, 3.8) is 0 Å². The smallest absolute Gasteiger partial charge is 0.505 e. The van der Waals surface area contributed by atoms with Crippen LogP contribution in [0.25, 0.3) is 4.98 Å². The van der Waals surface area contributed by atoms with Gasteiger partial charge in [-0.25, -0.2) is 4.79 Å². The molecule has 78 valence electrons. The van der Waals surface area contributed by atoms with E-state index in [1.165, 1.54) is 7.11 Å². The molecule has 0 rings (SSSR count). The van der Waals surface area contributed by atoms with Gasteiger partial charge in [0.2, 0.25) is 5.39 Å². The summed E-state index contributed by atoms with van der Waals surface area (Å²) in [7, 11) is 2.66. The van der Waals surface area contributed by atoms with Crippen molar-refractivity contribution in [2.45, 2.75) is 12.8 Å². The van der Waals surface area contributed by atoms with E-state index < -0.39 is 11.7 Å². The minimum absolute atomic E-state index is 0.197. The van der Waals surface area contributed by atoms with E-state index in [-0.39, 0.29) is 12.2 Å². The summed E-state index contributed by atoms with van der Waals surface area (Å²) in [5.74, 6) is -1.18. The molecule has 0 aromatic carbocycles. The average molecular weight is 201 g/mol. The molecule has 6 nitrogen and oxygen atoms in total. The summed E-state index contributed by atoms with van der Waals surface area (Å²) in [6.07, 6.45) is 0.723. The molecule has 6 heteroatoms. The fourth-order valence-electron chi connectivity index (χ4n) is 0.815. The second-order valence-corrected chi connectivity index (χ2v) is 2.48. The molecule has 0 radical (unpaired) electrons. The highest BCUT2D eigenvalue weighted by Crippen LogP contribution is 2.11. The van der Waals surface area contributed by atoms with Crippen molar-refractivity contribution in [1.29, 1.82) is 5.39 Å². The summed E-state index contributed by atoms with van der Waals surface area (Å²) in [5.41, 5.74) is -0.469. The minimum Gasteiger partial charge on any atom is -0.505 e. The Hall–Kier alpha value is -1.61. The molecular weight excluding hydrogens is 188 g/mol. The number of allylic oxidation sites excluding steroid dienone is 1. The third-order valence-electron chi connectivity index (χ3n) is 1.51. The predicted molar refractivity (Wildman–Crippen MR) is 47.9 cm³/mol. The van der Waals surface area contributed by atoms with Crippen molar-refractivity contribution in [2.24, 2.45) is 0 Å². The van der Waals surface area contributed by atoms with Crippen molar-refractivity contribution in [3.8, 4) is 0 Å². The Kier molecular flexibility index (Phi) is 6.07. The van der Waals surface area contributed by atoms with Crippen LogP contribution in [-0.2, 0) is 14.3 Å². The van der Waals surface area contributed by atoms with Gasteiger partial charge in [0, 0.05) is 20.1 Å². The first-order chi connectivity index (χ1) is 6.67. The molecular formula is C8H13N2O4+. The van der Waals surface area contributed by atoms with Crippen molar-refractivity contribution in [1.82, 2.24) is 0 Å². The van der Waals surface area contributed by atoms with Crippen LogP contribution in [0.2, 0.25) is 0 Å². The molecule has 0 aromatic heterocycles. The number of methoxy groups -OCH3 is 2. The van der Waals surface area contributed by atoms with Crippen molar-refractivity contribution in [2.75, 3.05) is 20.8 Å². The summed E-state index contributed by atoms with van der Waals surface area (Å²) >= 11 is 0. The Labute approximate surface area is 81.7 Å². The highest BCUT2D eigenvalue weighted by molar-refractivity contribution is 5.90. The van der Waals surface area contributed by atoms with Crippen LogP contribution < -0.4 is 0 Å². The SMILES string of the molecule is COCCC/C(O)=C(\[N+]#N)C(=O)OC. The maximum absolute atomic E-state index is 10.9. The van der Waals surface area contributed by atoms with Crippen LogP contribution in [0.5, 0.6) is 0 Å². The number of diazo groups is 1. The molecule has 0 aliphatic carbocycles. The Bertz CT molecular complexity index is 267. The zero-order chi connectivity index (χ0) is 11.0. The Morgan fingerprint density at radius 2 is 2.14 bits per heavy atom. The number of carbonyl (C=O) groups excluding carboxylic acids is 1. The topological polar surface area (TPSA) is 83.9 Å². The zero-order valence-electron chi connectivity index (χ0n) is 8.19. The van der Waals surface area contributed by atoms with Crippen LogP contribution in [0.4, 0.5) is 0 Å². The number of hydrogen-bond acceptors (Lipinski definition) is 5. The van der Waals surface area contributed by atoms with Gasteiger partial charge in [0.15, 0.2) is 10.7 Å². The van der Waals surface area contributed by atoms with Crippen molar-refractivity contribution < 1.29 is 19.4 Å². The first kappa shape index (κ1) is 12.4. The first-order valence-electron chi connectivity index (χ1n) is 4.01. The highest BCUT2D eigenvalue weighted by atomic mass is 16.5. The van der Waals surface area contributed by atoms with Crippen LogP contribution in [0.3, 0.4) is 0 Å². The van der Waals surface area contributed by atoms with Gasteiger partial charge in [-0.1, -0.05) is 0 Å². The van der Waals surface area contributed by atoms with E-state index in [1.54, 1.807) is 0 Å². The van der Waals surface area contributed by atoms with Crippen LogP contribution in [0.15, 0.2) is 11.5 Å². The molecule has 0 saturated heterocycles. The number of aliphatic hydroxyl groups is 1. The van der Waals surface area contributed by atoms with Crippen molar-refractivity contribution >= 4 is 5.97 Å². The molecule has 0 heterocycles. The van der Waals surface area contributed by atoms with Crippen LogP contribution in [0, 0.1) is 5.39 Å². The lowest BCUT2D eigenvalue weighted by Gasteiger charge is -1.96. The van der Waals surface area contributed by atoms with E-state index in [2.05, 4.69) is 9.71 Å². The second kappa shape index (κ2) is 6.86. The van der Waals surface area contributed by atoms with E-state index in [0.717, 1.165) is 7.11 Å². The van der Waals surface area contributed by atoms with Gasteiger partial charge in [-0.15, -0.1) is 0 Å². The number of hydrogen-bond donors (Lipinski definition) is 1. The molecule has 14 heavy (non-hydrogen) atoms. The summed E-state index contributed by atoms with van der Waals surface area (Å²) in [6, 6.07) is 0. The van der Waals surface area contributed by atoms with E-state index in [4.69, 9.17) is 10.1 Å². The quantitative estimate of drug-likeness (QED) is 0.237. The Morgan fingerprint density at radius 1 is 1.50 bits per heavy atom. The number of rotatable bonds is 5. The van der Waals surface area contributed by atoms with Gasteiger partial charge < -0.3 is 14.6 Å². The molecule has 0 fully saturated rings. The van der Waals surface area contributed by atoms with Crippen LogP contribution >= 0.6 is 0 Å². The average Bonchev–Trinajstić information content (AvgIpc) is 2.19. The van der Waals surface area contributed by atoms with E-state index in [1.807, 2.05) is 0 Å². The number of esters is 1. The third-order valence-corrected chi connectivity index (χ3v) is 1.51. The van der Waals surface area contributed by atoms with Gasteiger partial charge in [-0.2, -0.15) is 0 Å². The standard InChI is InChI=1S/C8H12N2O4/c1-13-5-3-4-6(11)7(10-9)8(12)14-2/h3-5H2,1-2H3/p+1. The normalized spacial score (nSPS) is 11.5. The van der Waals surface area contributed by atoms with Crippen molar-refractivity contribution in [3.05, 3.63) is 16.4 Å². The van der Waals surface area contributed by atoms with Gasteiger partial charge in [0.25, 0.3) is 0 Å². The first-order valence-corrected chi connectivity index (χ1v) is 4.01. The molecule has 0 unspecified atom stereocenters. The lowest BCUT2D eigenvalue weighted by molar-refractivity contribution is -0.136. The zero-order valence-corrected chi connectivity index (χ0v) is 8.19. The highest BCUT2D eigenvalue weighted by Gasteiger charge is 2.29. The molecule has 0 saturated carbocycles. The molecule has 0 aliphatic rings. The summed E-state index contributed by atoms with van der Waals surface area (Å²) < 4.78 is 9.04. The molecule has 0 aromatic rings. The fraction of sp³-hybridized carbons (Fsp3) is 0.625. The Morgan fingerprint density at radius 3 is 2.57 bits per heavy atom. The molecule has 1 N–H and O–H groups in total. The van der Waals surface area contributed by atoms with E-state index in [0.29, 0.717) is 13.0 Å². The molecule has 0 atom stereocenters. The number of carbonyl (C=O) groups is 1. The lowest BCUT2D eigenvalue weighted by Crippen LogP contribution is -2.05. The third kappa shape index (κ3) is 3.87. The number of aliphatic hydroxyl groups excluding tert-OH is 1. The largest absolute Gasteiger partial charge is 0.505 e. The number of nitrogens with zero attached hydrogens (tertiary/aromatic N) is 2. The molecule has 0 bridgehead atoms. The van der Waals surface area contributed by atoms with E-state index >= 15 is 0 Å². The van der Waals surface area contributed by atoms with Gasteiger partial charge in [0.1, 0.15) is 0 Å². The monoisotopic (exact) mass is 201 g/mol.